The molecular formula is C6H12O6. The van der Waals surface area contributed by atoms with Gasteiger partial charge in [0.05, 0.1) is 6.10 Å². The maximum atomic E-state index is 9.10. The minimum Gasteiger partial charge on any atom is -0.473 e. The lowest BCUT2D eigenvalue weighted by Gasteiger charge is -1.95. The molecule has 1 unspecified atom stereocenters. The highest BCUT2D eigenvalue weighted by Gasteiger charge is 2.04. The SMILES string of the molecule is CC(O)CCO.O=C(O)C(=O)O. The van der Waals surface area contributed by atoms with E-state index in [1.54, 1.807) is 6.92 Å². The van der Waals surface area contributed by atoms with Gasteiger partial charge in [-0.05, 0) is 13.3 Å². The van der Waals surface area contributed by atoms with E-state index in [1.807, 2.05) is 0 Å². The van der Waals surface area contributed by atoms with Crippen molar-refractivity contribution in [2.24, 2.45) is 0 Å². The molecule has 4 N–H and O–H groups in total. The second-order valence-corrected chi connectivity index (χ2v) is 1.97. The van der Waals surface area contributed by atoms with Crippen LogP contribution in [0.25, 0.3) is 0 Å². The van der Waals surface area contributed by atoms with Gasteiger partial charge in [0.15, 0.2) is 0 Å². The first-order chi connectivity index (χ1) is 5.41. The smallest absolute Gasteiger partial charge is 0.414 e. The lowest BCUT2D eigenvalue weighted by atomic mass is 10.3. The van der Waals surface area contributed by atoms with Crippen LogP contribution in [-0.2, 0) is 9.59 Å². The summed E-state index contributed by atoms with van der Waals surface area (Å²) < 4.78 is 0. The van der Waals surface area contributed by atoms with Crippen LogP contribution in [0.15, 0.2) is 0 Å². The highest BCUT2D eigenvalue weighted by Crippen LogP contribution is 1.83. The molecular weight excluding hydrogens is 168 g/mol. The van der Waals surface area contributed by atoms with E-state index in [4.69, 9.17) is 30.0 Å². The molecule has 0 saturated carbocycles. The Morgan fingerprint density at radius 3 is 1.58 bits per heavy atom. The molecule has 0 heterocycles. The molecule has 0 rings (SSSR count). The average molecular weight is 180 g/mol. The predicted octanol–water partition coefficient (Wildman–Crippen LogP) is -1.09. The number of hydrogen-bond acceptors (Lipinski definition) is 4. The number of carbonyl (C=O) groups is 2. The third-order valence-corrected chi connectivity index (χ3v) is 0.730. The molecule has 6 nitrogen and oxygen atoms in total. The van der Waals surface area contributed by atoms with E-state index in [2.05, 4.69) is 0 Å². The second kappa shape index (κ2) is 7.96. The molecule has 6 heteroatoms. The van der Waals surface area contributed by atoms with Crippen LogP contribution < -0.4 is 0 Å². The summed E-state index contributed by atoms with van der Waals surface area (Å²) in [6, 6.07) is 0. The van der Waals surface area contributed by atoms with Crippen molar-refractivity contribution in [2.75, 3.05) is 6.61 Å². The van der Waals surface area contributed by atoms with Gasteiger partial charge in [0, 0.05) is 6.61 Å². The van der Waals surface area contributed by atoms with Gasteiger partial charge in [-0.3, -0.25) is 0 Å². The van der Waals surface area contributed by atoms with Crippen LogP contribution in [0.3, 0.4) is 0 Å². The van der Waals surface area contributed by atoms with E-state index in [9.17, 15) is 0 Å². The summed E-state index contributed by atoms with van der Waals surface area (Å²) in [7, 11) is 0. The topological polar surface area (TPSA) is 115 Å². The van der Waals surface area contributed by atoms with Crippen LogP contribution in [0, 0.1) is 0 Å². The molecule has 0 saturated heterocycles. The Hall–Kier alpha value is -1.14. The van der Waals surface area contributed by atoms with Gasteiger partial charge in [-0.2, -0.15) is 0 Å². The number of aliphatic hydroxyl groups is 2. The van der Waals surface area contributed by atoms with Gasteiger partial charge in [0.2, 0.25) is 0 Å². The number of carboxylic acids is 2. The second-order valence-electron chi connectivity index (χ2n) is 1.97. The minimum absolute atomic E-state index is 0.0810. The molecule has 0 aliphatic carbocycles. The summed E-state index contributed by atoms with van der Waals surface area (Å²) >= 11 is 0. The van der Waals surface area contributed by atoms with Gasteiger partial charge in [-0.1, -0.05) is 0 Å². The number of aliphatic carboxylic acids is 2. The molecule has 72 valence electrons. The first-order valence-corrected chi connectivity index (χ1v) is 3.17. The van der Waals surface area contributed by atoms with E-state index >= 15 is 0 Å². The normalized spacial score (nSPS) is 10.9. The summed E-state index contributed by atoms with van der Waals surface area (Å²) in [4.78, 5) is 18.2. The molecule has 0 aliphatic heterocycles. The quantitative estimate of drug-likeness (QED) is 0.401. The number of hydrogen-bond donors (Lipinski definition) is 4. The van der Waals surface area contributed by atoms with Crippen molar-refractivity contribution in [1.82, 2.24) is 0 Å². The van der Waals surface area contributed by atoms with Gasteiger partial charge in [0.25, 0.3) is 0 Å². The molecule has 0 bridgehead atoms. The first-order valence-electron chi connectivity index (χ1n) is 3.17. The van der Waals surface area contributed by atoms with Crippen molar-refractivity contribution < 1.29 is 30.0 Å². The molecule has 12 heavy (non-hydrogen) atoms. The van der Waals surface area contributed by atoms with Crippen LogP contribution in [0.5, 0.6) is 0 Å². The standard InChI is InChI=1S/C4H10O2.C2H2O4/c1-4(6)2-3-5;3-1(4)2(5)6/h4-6H,2-3H2,1H3;(H,3,4)(H,5,6). The third-order valence-electron chi connectivity index (χ3n) is 0.730. The maximum absolute atomic E-state index is 9.10. The molecule has 1 atom stereocenters. The maximum Gasteiger partial charge on any atom is 0.414 e. The Morgan fingerprint density at radius 1 is 1.25 bits per heavy atom. The number of carboxylic acid groups (broad SMARTS) is 2. The summed E-state index contributed by atoms with van der Waals surface area (Å²) in [6.45, 7) is 1.73. The van der Waals surface area contributed by atoms with Crippen molar-refractivity contribution in [3.8, 4) is 0 Å². The van der Waals surface area contributed by atoms with Crippen LogP contribution in [0.1, 0.15) is 13.3 Å². The van der Waals surface area contributed by atoms with Gasteiger partial charge >= 0.3 is 11.9 Å². The zero-order valence-electron chi connectivity index (χ0n) is 6.60. The Morgan fingerprint density at radius 2 is 1.58 bits per heavy atom. The van der Waals surface area contributed by atoms with Gasteiger partial charge in [0.1, 0.15) is 0 Å². The summed E-state index contributed by atoms with van der Waals surface area (Å²) in [5.41, 5.74) is 0. The lowest BCUT2D eigenvalue weighted by Crippen LogP contribution is -2.09. The van der Waals surface area contributed by atoms with Crippen molar-refractivity contribution in [3.63, 3.8) is 0 Å². The molecule has 0 aliphatic rings. The van der Waals surface area contributed by atoms with Crippen molar-refractivity contribution in [1.29, 1.82) is 0 Å². The highest BCUT2D eigenvalue weighted by atomic mass is 16.4. The fourth-order valence-electron chi connectivity index (χ4n) is 0.187. The van der Waals surface area contributed by atoms with E-state index in [1.165, 1.54) is 0 Å². The Kier molecular flexibility index (Phi) is 8.92. The average Bonchev–Trinajstić information content (AvgIpc) is 1.87. The molecule has 0 aromatic carbocycles. The molecule has 0 fully saturated rings. The Balaban J connectivity index is 0. The zero-order chi connectivity index (χ0) is 10.1. The first kappa shape index (κ1) is 13.4. The fraction of sp³-hybridized carbons (Fsp3) is 0.667. The van der Waals surface area contributed by atoms with Crippen LogP contribution in [-0.4, -0.2) is 45.1 Å². The van der Waals surface area contributed by atoms with Crippen molar-refractivity contribution >= 4 is 11.9 Å². The molecule has 0 spiro atoms. The lowest BCUT2D eigenvalue weighted by molar-refractivity contribution is -0.159. The monoisotopic (exact) mass is 180 g/mol. The van der Waals surface area contributed by atoms with Gasteiger partial charge < -0.3 is 20.4 Å². The summed E-state index contributed by atoms with van der Waals surface area (Å²) in [5.74, 6) is -3.65. The van der Waals surface area contributed by atoms with Crippen LogP contribution in [0.4, 0.5) is 0 Å². The van der Waals surface area contributed by atoms with Gasteiger partial charge in [-0.15, -0.1) is 0 Å². The zero-order valence-corrected chi connectivity index (χ0v) is 6.60. The van der Waals surface area contributed by atoms with Crippen molar-refractivity contribution in [3.05, 3.63) is 0 Å². The minimum atomic E-state index is -1.82. The number of aliphatic hydroxyl groups excluding tert-OH is 2. The van der Waals surface area contributed by atoms with E-state index < -0.39 is 11.9 Å². The molecule has 0 aromatic rings. The van der Waals surface area contributed by atoms with Crippen molar-refractivity contribution in [2.45, 2.75) is 19.4 Å². The highest BCUT2D eigenvalue weighted by molar-refractivity contribution is 6.27. The van der Waals surface area contributed by atoms with E-state index in [0.29, 0.717) is 6.42 Å². The third kappa shape index (κ3) is 15.9. The summed E-state index contributed by atoms with van der Waals surface area (Å²) in [5, 5.41) is 31.3. The summed E-state index contributed by atoms with van der Waals surface area (Å²) in [6.07, 6.45) is 0.134. The van der Waals surface area contributed by atoms with E-state index in [0.717, 1.165) is 0 Å². The fourth-order valence-corrected chi connectivity index (χ4v) is 0.187. The van der Waals surface area contributed by atoms with Crippen LogP contribution in [0.2, 0.25) is 0 Å². The van der Waals surface area contributed by atoms with Gasteiger partial charge in [-0.25, -0.2) is 9.59 Å². The van der Waals surface area contributed by atoms with Crippen LogP contribution >= 0.6 is 0 Å². The molecule has 0 aromatic heterocycles. The molecule has 0 amide bonds. The Labute approximate surface area is 69.1 Å². The van der Waals surface area contributed by atoms with E-state index in [-0.39, 0.29) is 12.7 Å². The Bertz CT molecular complexity index is 129. The largest absolute Gasteiger partial charge is 0.473 e. The predicted molar refractivity (Wildman–Crippen MR) is 38.7 cm³/mol. The molecule has 0 radical (unpaired) electrons. The number of rotatable bonds is 2.